The molecule has 0 spiro atoms. The van der Waals surface area contributed by atoms with Crippen LogP contribution in [0.3, 0.4) is 0 Å². The predicted octanol–water partition coefficient (Wildman–Crippen LogP) is 1.80. The van der Waals surface area contributed by atoms with Crippen molar-refractivity contribution in [1.82, 2.24) is 15.2 Å². The molecule has 1 amide bonds. The van der Waals surface area contributed by atoms with E-state index in [1.807, 2.05) is 22.6 Å². The summed E-state index contributed by atoms with van der Waals surface area (Å²) in [5.41, 5.74) is 0.531. The third-order valence-electron chi connectivity index (χ3n) is 1.81. The zero-order valence-corrected chi connectivity index (χ0v) is 10.0. The lowest BCUT2D eigenvalue weighted by molar-refractivity contribution is 0.101. The molecular formula is C9H6FIN4O. The number of halogens is 2. The van der Waals surface area contributed by atoms with E-state index in [0.29, 0.717) is 9.26 Å². The van der Waals surface area contributed by atoms with Gasteiger partial charge in [0.1, 0.15) is 12.1 Å². The van der Waals surface area contributed by atoms with Gasteiger partial charge in [0.15, 0.2) is 0 Å². The summed E-state index contributed by atoms with van der Waals surface area (Å²) in [6, 6.07) is 4.10. The normalized spacial score (nSPS) is 10.1. The second kappa shape index (κ2) is 4.56. The van der Waals surface area contributed by atoms with E-state index in [0.717, 1.165) is 0 Å². The van der Waals surface area contributed by atoms with Crippen LogP contribution >= 0.6 is 22.6 Å². The summed E-state index contributed by atoms with van der Waals surface area (Å²) in [5, 5.41) is 8.59. The van der Waals surface area contributed by atoms with Gasteiger partial charge in [0, 0.05) is 3.57 Å². The van der Waals surface area contributed by atoms with Gasteiger partial charge in [0.2, 0.25) is 5.82 Å². The van der Waals surface area contributed by atoms with Crippen LogP contribution in [0.25, 0.3) is 0 Å². The number of carbonyl (C=O) groups is 1. The van der Waals surface area contributed by atoms with E-state index < -0.39 is 5.91 Å². The minimum atomic E-state index is -0.415. The number of nitrogens with zero attached hydrogens (tertiary/aromatic N) is 2. The Morgan fingerprint density at radius 3 is 2.94 bits per heavy atom. The molecule has 16 heavy (non-hydrogen) atoms. The highest BCUT2D eigenvalue weighted by Gasteiger charge is 2.10. The SMILES string of the molecule is O=C(Nc1ccc(F)cc1I)c1ncn[nH]1. The molecule has 0 atom stereocenters. The van der Waals surface area contributed by atoms with Gasteiger partial charge in [-0.15, -0.1) is 0 Å². The van der Waals surface area contributed by atoms with Crippen molar-refractivity contribution < 1.29 is 9.18 Å². The van der Waals surface area contributed by atoms with Gasteiger partial charge in [-0.1, -0.05) is 0 Å². The molecule has 0 saturated carbocycles. The van der Waals surface area contributed by atoms with E-state index in [9.17, 15) is 9.18 Å². The fraction of sp³-hybridized carbons (Fsp3) is 0. The molecule has 1 aromatic carbocycles. The maximum absolute atomic E-state index is 12.8. The first kappa shape index (κ1) is 11.0. The van der Waals surface area contributed by atoms with Crippen molar-refractivity contribution in [2.75, 3.05) is 5.32 Å². The van der Waals surface area contributed by atoms with Gasteiger partial charge in [-0.2, -0.15) is 5.10 Å². The van der Waals surface area contributed by atoms with Crippen LogP contribution in [0.4, 0.5) is 10.1 Å². The maximum Gasteiger partial charge on any atom is 0.293 e. The first-order chi connectivity index (χ1) is 7.66. The number of H-pyrrole nitrogens is 1. The van der Waals surface area contributed by atoms with Gasteiger partial charge in [0.25, 0.3) is 5.91 Å². The Morgan fingerprint density at radius 1 is 1.50 bits per heavy atom. The lowest BCUT2D eigenvalue weighted by atomic mass is 10.3. The van der Waals surface area contributed by atoms with Crippen molar-refractivity contribution in [2.24, 2.45) is 0 Å². The van der Waals surface area contributed by atoms with Crippen molar-refractivity contribution in [3.63, 3.8) is 0 Å². The summed E-state index contributed by atoms with van der Waals surface area (Å²) >= 11 is 1.94. The number of aromatic nitrogens is 3. The predicted molar refractivity (Wildman–Crippen MR) is 63.5 cm³/mol. The van der Waals surface area contributed by atoms with Gasteiger partial charge < -0.3 is 5.32 Å². The fourth-order valence-corrected chi connectivity index (χ4v) is 1.70. The maximum atomic E-state index is 12.8. The Hall–Kier alpha value is -1.51. The molecule has 2 aromatic rings. The van der Waals surface area contributed by atoms with E-state index in [1.54, 1.807) is 0 Å². The second-order valence-electron chi connectivity index (χ2n) is 2.91. The van der Waals surface area contributed by atoms with Crippen molar-refractivity contribution in [1.29, 1.82) is 0 Å². The third kappa shape index (κ3) is 2.35. The Bertz CT molecular complexity index is 514. The molecule has 0 radical (unpaired) electrons. The number of aromatic amines is 1. The molecule has 0 aliphatic carbocycles. The largest absolute Gasteiger partial charge is 0.318 e. The first-order valence-corrected chi connectivity index (χ1v) is 5.36. The van der Waals surface area contributed by atoms with E-state index in [1.165, 1.54) is 24.5 Å². The van der Waals surface area contributed by atoms with E-state index >= 15 is 0 Å². The molecule has 0 aliphatic heterocycles. The van der Waals surface area contributed by atoms with Crippen molar-refractivity contribution in [3.8, 4) is 0 Å². The minimum absolute atomic E-state index is 0.111. The van der Waals surface area contributed by atoms with Gasteiger partial charge in [-0.25, -0.2) is 9.37 Å². The van der Waals surface area contributed by atoms with Crippen LogP contribution in [0, 0.1) is 9.39 Å². The number of rotatable bonds is 2. The standard InChI is InChI=1S/C9H6FIN4O/c10-5-1-2-7(6(11)3-5)14-9(16)8-12-4-13-15-8/h1-4H,(H,14,16)(H,12,13,15). The number of anilines is 1. The lowest BCUT2D eigenvalue weighted by Gasteiger charge is -2.05. The van der Waals surface area contributed by atoms with Gasteiger partial charge >= 0.3 is 0 Å². The zero-order valence-electron chi connectivity index (χ0n) is 7.87. The smallest absolute Gasteiger partial charge is 0.293 e. The Labute approximate surface area is 104 Å². The van der Waals surface area contributed by atoms with Gasteiger partial charge in [-0.05, 0) is 40.8 Å². The summed E-state index contributed by atoms with van der Waals surface area (Å²) in [5.74, 6) is -0.649. The van der Waals surface area contributed by atoms with E-state index in [2.05, 4.69) is 20.5 Å². The minimum Gasteiger partial charge on any atom is -0.318 e. The third-order valence-corrected chi connectivity index (χ3v) is 2.70. The summed E-state index contributed by atoms with van der Waals surface area (Å²) < 4.78 is 13.4. The number of carbonyl (C=O) groups excluding carboxylic acids is 1. The summed E-state index contributed by atoms with van der Waals surface area (Å²) in [4.78, 5) is 15.3. The molecule has 0 fully saturated rings. The molecule has 82 valence electrons. The van der Waals surface area contributed by atoms with Crippen LogP contribution in [0.2, 0.25) is 0 Å². The van der Waals surface area contributed by atoms with Crippen LogP contribution in [-0.4, -0.2) is 21.1 Å². The number of nitrogens with one attached hydrogen (secondary N) is 2. The molecule has 0 unspecified atom stereocenters. The molecule has 1 aromatic heterocycles. The average molecular weight is 332 g/mol. The first-order valence-electron chi connectivity index (χ1n) is 4.28. The molecule has 2 rings (SSSR count). The molecule has 7 heteroatoms. The topological polar surface area (TPSA) is 70.7 Å². The van der Waals surface area contributed by atoms with Crippen LogP contribution < -0.4 is 5.32 Å². The van der Waals surface area contributed by atoms with Crippen LogP contribution in [0.1, 0.15) is 10.6 Å². The highest BCUT2D eigenvalue weighted by molar-refractivity contribution is 14.1. The molecule has 2 N–H and O–H groups in total. The molecule has 5 nitrogen and oxygen atoms in total. The van der Waals surface area contributed by atoms with Gasteiger partial charge in [0.05, 0.1) is 5.69 Å². The number of benzene rings is 1. The molecule has 1 heterocycles. The van der Waals surface area contributed by atoms with Crippen molar-refractivity contribution in [2.45, 2.75) is 0 Å². The Balaban J connectivity index is 2.18. The lowest BCUT2D eigenvalue weighted by Crippen LogP contribution is -2.14. The quantitative estimate of drug-likeness (QED) is 0.824. The van der Waals surface area contributed by atoms with Crippen molar-refractivity contribution >= 4 is 34.2 Å². The molecule has 0 saturated heterocycles. The summed E-state index contributed by atoms with van der Waals surface area (Å²) in [7, 11) is 0. The van der Waals surface area contributed by atoms with Crippen LogP contribution in [-0.2, 0) is 0 Å². The van der Waals surface area contributed by atoms with E-state index in [-0.39, 0.29) is 11.6 Å². The highest BCUT2D eigenvalue weighted by Crippen LogP contribution is 2.19. The van der Waals surface area contributed by atoms with Crippen LogP contribution in [0.5, 0.6) is 0 Å². The number of hydrogen-bond donors (Lipinski definition) is 2. The van der Waals surface area contributed by atoms with Crippen LogP contribution in [0.15, 0.2) is 24.5 Å². The summed E-state index contributed by atoms with van der Waals surface area (Å²) in [6.45, 7) is 0. The number of hydrogen-bond acceptors (Lipinski definition) is 3. The molecule has 0 bridgehead atoms. The Kier molecular flexibility index (Phi) is 3.13. The Morgan fingerprint density at radius 2 is 2.31 bits per heavy atom. The van der Waals surface area contributed by atoms with Gasteiger partial charge in [-0.3, -0.25) is 9.89 Å². The van der Waals surface area contributed by atoms with Crippen molar-refractivity contribution in [3.05, 3.63) is 39.7 Å². The fourth-order valence-electron chi connectivity index (χ4n) is 1.09. The summed E-state index contributed by atoms with van der Waals surface area (Å²) in [6.07, 6.45) is 1.24. The second-order valence-corrected chi connectivity index (χ2v) is 4.07. The zero-order chi connectivity index (χ0) is 11.5. The molecule has 0 aliphatic rings. The monoisotopic (exact) mass is 332 g/mol. The average Bonchev–Trinajstić information content (AvgIpc) is 2.75. The highest BCUT2D eigenvalue weighted by atomic mass is 127. The molecular weight excluding hydrogens is 326 g/mol. The van der Waals surface area contributed by atoms with E-state index in [4.69, 9.17) is 0 Å². The number of amides is 1.